The standard InChI is InChI=1S/C12H23N3/c1-6-12(4,5)14-9-10(2)15-8-7-13-11(15)3/h7-8,10,14H,6,9H2,1-5H3. The van der Waals surface area contributed by atoms with Crippen molar-refractivity contribution >= 4 is 0 Å². The number of imidazole rings is 1. The molecule has 3 nitrogen and oxygen atoms in total. The van der Waals surface area contributed by atoms with Crippen LogP contribution >= 0.6 is 0 Å². The normalized spacial score (nSPS) is 14.2. The highest BCUT2D eigenvalue weighted by atomic mass is 15.1. The van der Waals surface area contributed by atoms with Crippen LogP contribution in [-0.2, 0) is 0 Å². The molecule has 3 heteroatoms. The molecule has 1 aromatic heterocycles. The van der Waals surface area contributed by atoms with Gasteiger partial charge in [-0.05, 0) is 34.1 Å². The Labute approximate surface area is 92.9 Å². The van der Waals surface area contributed by atoms with Crippen molar-refractivity contribution in [3.05, 3.63) is 18.2 Å². The second-order valence-electron chi connectivity index (χ2n) is 4.85. The second kappa shape index (κ2) is 4.79. The zero-order valence-corrected chi connectivity index (χ0v) is 10.5. The minimum Gasteiger partial charge on any atom is -0.331 e. The van der Waals surface area contributed by atoms with Gasteiger partial charge in [-0.25, -0.2) is 4.98 Å². The molecular weight excluding hydrogens is 186 g/mol. The van der Waals surface area contributed by atoms with Gasteiger partial charge in [-0.2, -0.15) is 0 Å². The van der Waals surface area contributed by atoms with Crippen LogP contribution in [0.15, 0.2) is 12.4 Å². The van der Waals surface area contributed by atoms with Gasteiger partial charge in [-0.3, -0.25) is 0 Å². The van der Waals surface area contributed by atoms with E-state index in [0.29, 0.717) is 6.04 Å². The number of aromatic nitrogens is 2. The molecule has 0 aliphatic heterocycles. The maximum atomic E-state index is 4.24. The van der Waals surface area contributed by atoms with E-state index in [0.717, 1.165) is 18.8 Å². The van der Waals surface area contributed by atoms with Gasteiger partial charge in [-0.1, -0.05) is 6.92 Å². The minimum atomic E-state index is 0.225. The number of hydrogen-bond donors (Lipinski definition) is 1. The van der Waals surface area contributed by atoms with Crippen molar-refractivity contribution in [1.82, 2.24) is 14.9 Å². The van der Waals surface area contributed by atoms with Crippen molar-refractivity contribution in [2.45, 2.75) is 52.6 Å². The molecule has 86 valence electrons. The van der Waals surface area contributed by atoms with Crippen LogP contribution in [0.1, 0.15) is 46.0 Å². The average molecular weight is 209 g/mol. The van der Waals surface area contributed by atoms with Crippen LogP contribution < -0.4 is 5.32 Å². The third-order valence-electron chi connectivity index (χ3n) is 3.10. The second-order valence-corrected chi connectivity index (χ2v) is 4.85. The molecule has 0 saturated heterocycles. The number of rotatable bonds is 5. The van der Waals surface area contributed by atoms with Crippen LogP contribution in [0.2, 0.25) is 0 Å². The highest BCUT2D eigenvalue weighted by molar-refractivity contribution is 4.92. The zero-order chi connectivity index (χ0) is 11.5. The smallest absolute Gasteiger partial charge is 0.105 e. The van der Waals surface area contributed by atoms with Crippen molar-refractivity contribution in [1.29, 1.82) is 0 Å². The third-order valence-corrected chi connectivity index (χ3v) is 3.10. The molecule has 1 unspecified atom stereocenters. The summed E-state index contributed by atoms with van der Waals surface area (Å²) in [5.74, 6) is 1.08. The van der Waals surface area contributed by atoms with E-state index in [-0.39, 0.29) is 5.54 Å². The Kier molecular flexibility index (Phi) is 3.91. The Balaban J connectivity index is 2.50. The molecule has 0 radical (unpaired) electrons. The lowest BCUT2D eigenvalue weighted by Gasteiger charge is -2.27. The van der Waals surface area contributed by atoms with Gasteiger partial charge in [-0.15, -0.1) is 0 Å². The minimum absolute atomic E-state index is 0.225. The molecule has 0 bridgehead atoms. The van der Waals surface area contributed by atoms with Crippen LogP contribution in [0.4, 0.5) is 0 Å². The average Bonchev–Trinajstić information content (AvgIpc) is 2.61. The Morgan fingerprint density at radius 1 is 1.53 bits per heavy atom. The molecule has 0 aromatic carbocycles. The summed E-state index contributed by atoms with van der Waals surface area (Å²) in [6.07, 6.45) is 5.04. The SMILES string of the molecule is CCC(C)(C)NCC(C)n1ccnc1C. The predicted octanol–water partition coefficient (Wildman–Crippen LogP) is 2.53. The van der Waals surface area contributed by atoms with E-state index in [9.17, 15) is 0 Å². The number of aryl methyl sites for hydroxylation is 1. The highest BCUT2D eigenvalue weighted by Gasteiger charge is 2.15. The molecule has 0 aliphatic rings. The van der Waals surface area contributed by atoms with Crippen LogP contribution in [0.3, 0.4) is 0 Å². The topological polar surface area (TPSA) is 29.9 Å². The van der Waals surface area contributed by atoms with Crippen molar-refractivity contribution < 1.29 is 0 Å². The molecule has 15 heavy (non-hydrogen) atoms. The summed E-state index contributed by atoms with van der Waals surface area (Å²) < 4.78 is 2.21. The summed E-state index contributed by atoms with van der Waals surface area (Å²) in [4.78, 5) is 4.24. The first-order chi connectivity index (χ1) is 6.96. The summed E-state index contributed by atoms with van der Waals surface area (Å²) >= 11 is 0. The summed E-state index contributed by atoms with van der Waals surface area (Å²) in [6, 6.07) is 0.457. The van der Waals surface area contributed by atoms with Gasteiger partial charge < -0.3 is 9.88 Å². The maximum Gasteiger partial charge on any atom is 0.105 e. The lowest BCUT2D eigenvalue weighted by molar-refractivity contribution is 0.342. The van der Waals surface area contributed by atoms with Crippen LogP contribution in [-0.4, -0.2) is 21.6 Å². The number of nitrogens with one attached hydrogen (secondary N) is 1. The molecular formula is C12H23N3. The zero-order valence-electron chi connectivity index (χ0n) is 10.5. The van der Waals surface area contributed by atoms with Gasteiger partial charge in [0.2, 0.25) is 0 Å². The van der Waals surface area contributed by atoms with E-state index < -0.39 is 0 Å². The van der Waals surface area contributed by atoms with Gasteiger partial charge in [0, 0.05) is 30.5 Å². The molecule has 1 N–H and O–H groups in total. The van der Waals surface area contributed by atoms with Crippen LogP contribution in [0.25, 0.3) is 0 Å². The quantitative estimate of drug-likeness (QED) is 0.807. The summed E-state index contributed by atoms with van der Waals surface area (Å²) in [5, 5.41) is 3.58. The van der Waals surface area contributed by atoms with E-state index in [2.05, 4.69) is 42.6 Å². The van der Waals surface area contributed by atoms with E-state index in [1.807, 2.05) is 19.3 Å². The molecule has 1 rings (SSSR count). The van der Waals surface area contributed by atoms with Gasteiger partial charge in [0.05, 0.1) is 0 Å². The van der Waals surface area contributed by atoms with Gasteiger partial charge in [0.1, 0.15) is 5.82 Å². The van der Waals surface area contributed by atoms with Gasteiger partial charge in [0.25, 0.3) is 0 Å². The van der Waals surface area contributed by atoms with Crippen molar-refractivity contribution in [2.75, 3.05) is 6.54 Å². The Bertz CT molecular complexity index is 302. The fraction of sp³-hybridized carbons (Fsp3) is 0.750. The fourth-order valence-electron chi connectivity index (χ4n) is 1.50. The molecule has 1 heterocycles. The lowest BCUT2D eigenvalue weighted by Crippen LogP contribution is -2.41. The first kappa shape index (κ1) is 12.2. The van der Waals surface area contributed by atoms with E-state index in [1.165, 1.54) is 0 Å². The monoisotopic (exact) mass is 209 g/mol. The first-order valence-electron chi connectivity index (χ1n) is 5.70. The predicted molar refractivity (Wildman–Crippen MR) is 64.0 cm³/mol. The third kappa shape index (κ3) is 3.34. The Hall–Kier alpha value is -0.830. The van der Waals surface area contributed by atoms with E-state index in [4.69, 9.17) is 0 Å². The molecule has 1 aromatic rings. The van der Waals surface area contributed by atoms with Crippen molar-refractivity contribution in [3.8, 4) is 0 Å². The summed E-state index contributed by atoms with van der Waals surface area (Å²) in [6.45, 7) is 11.9. The van der Waals surface area contributed by atoms with E-state index >= 15 is 0 Å². The van der Waals surface area contributed by atoms with Crippen LogP contribution in [0.5, 0.6) is 0 Å². The Morgan fingerprint density at radius 3 is 2.67 bits per heavy atom. The van der Waals surface area contributed by atoms with Gasteiger partial charge in [0.15, 0.2) is 0 Å². The first-order valence-corrected chi connectivity index (χ1v) is 5.70. The van der Waals surface area contributed by atoms with Crippen molar-refractivity contribution in [2.24, 2.45) is 0 Å². The maximum absolute atomic E-state index is 4.24. The lowest BCUT2D eigenvalue weighted by atomic mass is 10.0. The van der Waals surface area contributed by atoms with Crippen LogP contribution in [0, 0.1) is 6.92 Å². The molecule has 0 saturated carbocycles. The Morgan fingerprint density at radius 2 is 2.20 bits per heavy atom. The highest BCUT2D eigenvalue weighted by Crippen LogP contribution is 2.11. The van der Waals surface area contributed by atoms with Gasteiger partial charge >= 0.3 is 0 Å². The fourth-order valence-corrected chi connectivity index (χ4v) is 1.50. The molecule has 0 fully saturated rings. The molecule has 1 atom stereocenters. The summed E-state index contributed by atoms with van der Waals surface area (Å²) in [7, 11) is 0. The number of nitrogens with zero attached hydrogens (tertiary/aromatic N) is 2. The molecule has 0 amide bonds. The van der Waals surface area contributed by atoms with Crippen molar-refractivity contribution in [3.63, 3.8) is 0 Å². The molecule has 0 spiro atoms. The summed E-state index contributed by atoms with van der Waals surface area (Å²) in [5.41, 5.74) is 0.225. The largest absolute Gasteiger partial charge is 0.331 e. The molecule has 0 aliphatic carbocycles. The number of hydrogen-bond acceptors (Lipinski definition) is 2. The van der Waals surface area contributed by atoms with E-state index in [1.54, 1.807) is 0 Å².